The van der Waals surface area contributed by atoms with E-state index < -0.39 is 23.4 Å². The first-order chi connectivity index (χ1) is 11.4. The normalized spacial score (nSPS) is 10.1. The largest absolute Gasteiger partial charge is 0.452 e. The standard InChI is InChI=1S/C17H16N2O5/c1-11-7-8-13(9-12(11)2)17(21)24-10-16(20)18-14-5-3-4-6-15(14)19(22)23/h3-9H,10H2,1-2H3,(H,18,20). The minimum absolute atomic E-state index is 0.0507. The van der Waals surface area contributed by atoms with Crippen LogP contribution in [0.15, 0.2) is 42.5 Å². The fourth-order valence-corrected chi connectivity index (χ4v) is 2.01. The van der Waals surface area contributed by atoms with Crippen LogP contribution < -0.4 is 5.32 Å². The third-order valence-corrected chi connectivity index (χ3v) is 3.45. The molecule has 0 heterocycles. The molecule has 0 saturated carbocycles. The van der Waals surface area contributed by atoms with Crippen molar-refractivity contribution < 1.29 is 19.2 Å². The van der Waals surface area contributed by atoms with Crippen LogP contribution in [-0.2, 0) is 9.53 Å². The topological polar surface area (TPSA) is 98.5 Å². The van der Waals surface area contributed by atoms with Crippen LogP contribution in [0.2, 0.25) is 0 Å². The maximum absolute atomic E-state index is 11.9. The van der Waals surface area contributed by atoms with Gasteiger partial charge in [0, 0.05) is 6.07 Å². The Morgan fingerprint density at radius 3 is 2.50 bits per heavy atom. The lowest BCUT2D eigenvalue weighted by Crippen LogP contribution is -2.21. The summed E-state index contributed by atoms with van der Waals surface area (Å²) in [6.45, 7) is 3.26. The van der Waals surface area contributed by atoms with Gasteiger partial charge in [-0.25, -0.2) is 4.79 Å². The van der Waals surface area contributed by atoms with E-state index in [1.807, 2.05) is 13.8 Å². The maximum atomic E-state index is 11.9. The number of carbonyl (C=O) groups excluding carboxylic acids is 2. The second-order valence-corrected chi connectivity index (χ2v) is 5.20. The third-order valence-electron chi connectivity index (χ3n) is 3.45. The molecule has 0 aliphatic rings. The predicted molar refractivity (Wildman–Crippen MR) is 87.9 cm³/mol. The zero-order chi connectivity index (χ0) is 17.7. The van der Waals surface area contributed by atoms with Gasteiger partial charge in [0.2, 0.25) is 0 Å². The highest BCUT2D eigenvalue weighted by molar-refractivity contribution is 5.96. The van der Waals surface area contributed by atoms with E-state index in [0.29, 0.717) is 5.56 Å². The van der Waals surface area contributed by atoms with Crippen molar-refractivity contribution in [2.75, 3.05) is 11.9 Å². The number of nitro groups is 1. The van der Waals surface area contributed by atoms with Crippen molar-refractivity contribution >= 4 is 23.3 Å². The van der Waals surface area contributed by atoms with Crippen LogP contribution in [-0.4, -0.2) is 23.4 Å². The summed E-state index contributed by atoms with van der Waals surface area (Å²) in [4.78, 5) is 34.0. The molecular weight excluding hydrogens is 312 g/mol. The van der Waals surface area contributed by atoms with Gasteiger partial charge in [-0.1, -0.05) is 18.2 Å². The number of nitrogens with one attached hydrogen (secondary N) is 1. The maximum Gasteiger partial charge on any atom is 0.338 e. The summed E-state index contributed by atoms with van der Waals surface area (Å²) in [6, 6.07) is 10.8. The van der Waals surface area contributed by atoms with Gasteiger partial charge in [0.25, 0.3) is 11.6 Å². The molecule has 1 N–H and O–H groups in total. The Bertz CT molecular complexity index is 801. The van der Waals surface area contributed by atoms with Crippen molar-refractivity contribution in [3.8, 4) is 0 Å². The first kappa shape index (κ1) is 17.1. The Balaban J connectivity index is 1.97. The smallest absolute Gasteiger partial charge is 0.338 e. The molecule has 0 aliphatic carbocycles. The number of nitrogens with zero attached hydrogens (tertiary/aromatic N) is 1. The second kappa shape index (κ2) is 7.36. The number of ether oxygens (including phenoxy) is 1. The molecule has 24 heavy (non-hydrogen) atoms. The van der Waals surface area contributed by atoms with Crippen LogP contribution in [0.4, 0.5) is 11.4 Å². The zero-order valence-corrected chi connectivity index (χ0v) is 13.2. The summed E-state index contributed by atoms with van der Waals surface area (Å²) in [6.07, 6.45) is 0. The molecule has 0 fully saturated rings. The summed E-state index contributed by atoms with van der Waals surface area (Å²) in [5, 5.41) is 13.2. The summed E-state index contributed by atoms with van der Waals surface area (Å²) < 4.78 is 4.94. The summed E-state index contributed by atoms with van der Waals surface area (Å²) >= 11 is 0. The van der Waals surface area contributed by atoms with Crippen molar-refractivity contribution in [3.63, 3.8) is 0 Å². The van der Waals surface area contributed by atoms with E-state index in [4.69, 9.17) is 4.74 Å². The van der Waals surface area contributed by atoms with Crippen LogP contribution in [0, 0.1) is 24.0 Å². The van der Waals surface area contributed by atoms with Crippen LogP contribution in [0.3, 0.4) is 0 Å². The SMILES string of the molecule is Cc1ccc(C(=O)OCC(=O)Nc2ccccc2[N+](=O)[O-])cc1C. The lowest BCUT2D eigenvalue weighted by atomic mass is 10.1. The van der Waals surface area contributed by atoms with Crippen LogP contribution in [0.5, 0.6) is 0 Å². The van der Waals surface area contributed by atoms with Gasteiger partial charge in [0.05, 0.1) is 10.5 Å². The number of aryl methyl sites for hydroxylation is 2. The van der Waals surface area contributed by atoms with Crippen molar-refractivity contribution in [2.45, 2.75) is 13.8 Å². The van der Waals surface area contributed by atoms with Crippen molar-refractivity contribution in [3.05, 3.63) is 69.3 Å². The molecule has 0 atom stereocenters. The Kier molecular flexibility index (Phi) is 5.26. The molecule has 0 spiro atoms. The number of esters is 1. The number of hydrogen-bond donors (Lipinski definition) is 1. The molecule has 2 aromatic rings. The number of amides is 1. The Morgan fingerprint density at radius 2 is 1.83 bits per heavy atom. The van der Waals surface area contributed by atoms with E-state index in [1.54, 1.807) is 24.3 Å². The summed E-state index contributed by atoms with van der Waals surface area (Å²) in [5.41, 5.74) is 2.15. The number of nitro benzene ring substituents is 1. The van der Waals surface area contributed by atoms with Crippen molar-refractivity contribution in [2.24, 2.45) is 0 Å². The van der Waals surface area contributed by atoms with E-state index in [2.05, 4.69) is 5.32 Å². The first-order valence-electron chi connectivity index (χ1n) is 7.16. The second-order valence-electron chi connectivity index (χ2n) is 5.20. The molecule has 0 unspecified atom stereocenters. The van der Waals surface area contributed by atoms with Crippen LogP contribution in [0.1, 0.15) is 21.5 Å². The number of anilines is 1. The first-order valence-corrected chi connectivity index (χ1v) is 7.16. The molecule has 0 aliphatic heterocycles. The van der Waals surface area contributed by atoms with E-state index in [9.17, 15) is 19.7 Å². The number of hydrogen-bond acceptors (Lipinski definition) is 5. The van der Waals surface area contributed by atoms with Gasteiger partial charge in [-0.05, 0) is 43.2 Å². The minimum Gasteiger partial charge on any atom is -0.452 e. The monoisotopic (exact) mass is 328 g/mol. The van der Waals surface area contributed by atoms with E-state index >= 15 is 0 Å². The molecule has 2 rings (SSSR count). The molecule has 7 heteroatoms. The van der Waals surface area contributed by atoms with E-state index in [0.717, 1.165) is 11.1 Å². The van der Waals surface area contributed by atoms with Gasteiger partial charge in [0.1, 0.15) is 5.69 Å². The van der Waals surface area contributed by atoms with Crippen LogP contribution in [0.25, 0.3) is 0 Å². The highest BCUT2D eigenvalue weighted by Crippen LogP contribution is 2.22. The summed E-state index contributed by atoms with van der Waals surface area (Å²) in [5.74, 6) is -1.28. The fraction of sp³-hybridized carbons (Fsp3) is 0.176. The minimum atomic E-state index is -0.651. The highest BCUT2D eigenvalue weighted by Gasteiger charge is 2.16. The molecule has 7 nitrogen and oxygen atoms in total. The average Bonchev–Trinajstić information content (AvgIpc) is 2.55. The van der Waals surface area contributed by atoms with Gasteiger partial charge < -0.3 is 10.1 Å². The zero-order valence-electron chi connectivity index (χ0n) is 13.2. The van der Waals surface area contributed by atoms with Gasteiger partial charge in [0.15, 0.2) is 6.61 Å². The van der Waals surface area contributed by atoms with Crippen molar-refractivity contribution in [1.29, 1.82) is 0 Å². The Labute approximate surface area is 138 Å². The Morgan fingerprint density at radius 1 is 1.12 bits per heavy atom. The number of rotatable bonds is 5. The molecule has 0 saturated heterocycles. The molecule has 1 amide bonds. The Hall–Kier alpha value is -3.22. The van der Waals surface area contributed by atoms with Gasteiger partial charge in [-0.3, -0.25) is 14.9 Å². The lowest BCUT2D eigenvalue weighted by Gasteiger charge is -2.08. The fourth-order valence-electron chi connectivity index (χ4n) is 2.01. The molecule has 0 bridgehead atoms. The quantitative estimate of drug-likeness (QED) is 0.517. The average molecular weight is 328 g/mol. The van der Waals surface area contributed by atoms with E-state index in [-0.39, 0.29) is 11.4 Å². The third kappa shape index (κ3) is 4.16. The highest BCUT2D eigenvalue weighted by atomic mass is 16.6. The molecule has 124 valence electrons. The van der Waals surface area contributed by atoms with Gasteiger partial charge >= 0.3 is 5.97 Å². The predicted octanol–water partition coefficient (Wildman–Crippen LogP) is 3.01. The lowest BCUT2D eigenvalue weighted by molar-refractivity contribution is -0.383. The van der Waals surface area contributed by atoms with E-state index in [1.165, 1.54) is 18.2 Å². The number of benzene rings is 2. The van der Waals surface area contributed by atoms with Crippen LogP contribution >= 0.6 is 0 Å². The van der Waals surface area contributed by atoms with Gasteiger partial charge in [-0.2, -0.15) is 0 Å². The molecule has 2 aromatic carbocycles. The molecule has 0 aromatic heterocycles. The van der Waals surface area contributed by atoms with Gasteiger partial charge in [-0.15, -0.1) is 0 Å². The number of carbonyl (C=O) groups is 2. The summed E-state index contributed by atoms with van der Waals surface area (Å²) in [7, 11) is 0. The molecule has 0 radical (unpaired) electrons. The molecular formula is C17H16N2O5. The van der Waals surface area contributed by atoms with Crippen molar-refractivity contribution in [1.82, 2.24) is 0 Å². The number of para-hydroxylation sites is 2.